The Kier molecular flexibility index (Phi) is 5.28. The van der Waals surface area contributed by atoms with Crippen molar-refractivity contribution in [2.45, 2.75) is 79.7 Å². The number of carbonyl (C=O) groups excluding carboxylic acids is 2. The predicted molar refractivity (Wildman–Crippen MR) is 120 cm³/mol. The summed E-state index contributed by atoms with van der Waals surface area (Å²) in [5.74, 6) is 0.489. The van der Waals surface area contributed by atoms with Crippen molar-refractivity contribution in [1.29, 1.82) is 0 Å². The summed E-state index contributed by atoms with van der Waals surface area (Å²) in [5.41, 5.74) is 5.38. The van der Waals surface area contributed by atoms with E-state index in [-0.39, 0.29) is 28.3 Å². The molecular weight excluding hydrogens is 370 g/mol. The van der Waals surface area contributed by atoms with E-state index in [1.807, 2.05) is 6.07 Å². The minimum atomic E-state index is -0.0477. The van der Waals surface area contributed by atoms with Gasteiger partial charge >= 0.3 is 0 Å². The molecule has 0 N–H and O–H groups in total. The van der Waals surface area contributed by atoms with Gasteiger partial charge in [0.05, 0.1) is 0 Å². The second-order valence-electron chi connectivity index (χ2n) is 11.0. The third kappa shape index (κ3) is 3.79. The lowest BCUT2D eigenvalue weighted by Crippen LogP contribution is -2.44. The van der Waals surface area contributed by atoms with Crippen LogP contribution in [0.15, 0.2) is 52.9 Å². The van der Waals surface area contributed by atoms with Crippen molar-refractivity contribution in [3.8, 4) is 0 Å². The fourth-order valence-electron chi connectivity index (χ4n) is 5.72. The molecule has 1 heterocycles. The molecule has 3 aliphatic rings. The fourth-order valence-corrected chi connectivity index (χ4v) is 5.72. The summed E-state index contributed by atoms with van der Waals surface area (Å²) in [6.45, 7) is 11.7. The van der Waals surface area contributed by atoms with Crippen molar-refractivity contribution in [1.82, 2.24) is 4.90 Å². The Hall–Kier alpha value is -2.16. The van der Waals surface area contributed by atoms with Crippen molar-refractivity contribution < 1.29 is 9.59 Å². The molecule has 3 heteroatoms. The van der Waals surface area contributed by atoms with Crippen molar-refractivity contribution in [2.75, 3.05) is 0 Å². The molecule has 0 unspecified atom stereocenters. The maximum Gasteiger partial charge on any atom is 0.161 e. The minimum Gasteiger partial charge on any atom is -0.343 e. The molecule has 0 saturated carbocycles. The Balaban J connectivity index is 1.90. The highest BCUT2D eigenvalue weighted by Crippen LogP contribution is 2.52. The molecule has 0 saturated heterocycles. The van der Waals surface area contributed by atoms with Crippen molar-refractivity contribution in [3.05, 3.63) is 58.4 Å². The van der Waals surface area contributed by atoms with Crippen LogP contribution >= 0.6 is 0 Å². The summed E-state index contributed by atoms with van der Waals surface area (Å²) in [6, 6.07) is 10.5. The molecule has 0 radical (unpaired) electrons. The fraction of sp³-hybridized carbons (Fsp3) is 0.556. The van der Waals surface area contributed by atoms with Gasteiger partial charge in [0.15, 0.2) is 11.6 Å². The summed E-state index contributed by atoms with van der Waals surface area (Å²) in [5, 5.41) is 0. The first-order valence-corrected chi connectivity index (χ1v) is 11.5. The average Bonchev–Trinajstić information content (AvgIpc) is 2.63. The largest absolute Gasteiger partial charge is 0.343 e. The van der Waals surface area contributed by atoms with Crippen LogP contribution < -0.4 is 0 Å². The predicted octanol–water partition coefficient (Wildman–Crippen LogP) is 6.20. The molecule has 0 fully saturated rings. The monoisotopic (exact) mass is 405 g/mol. The normalized spacial score (nSPS) is 23.6. The van der Waals surface area contributed by atoms with Crippen LogP contribution in [0.3, 0.4) is 0 Å². The van der Waals surface area contributed by atoms with E-state index >= 15 is 0 Å². The third-order valence-corrected chi connectivity index (χ3v) is 6.90. The molecule has 1 aromatic rings. The molecule has 1 aliphatic heterocycles. The Bertz CT molecular complexity index is 879. The van der Waals surface area contributed by atoms with Crippen LogP contribution in [0.25, 0.3) is 0 Å². The van der Waals surface area contributed by atoms with Gasteiger partial charge in [-0.2, -0.15) is 0 Å². The van der Waals surface area contributed by atoms with E-state index in [4.69, 9.17) is 0 Å². The van der Waals surface area contributed by atoms with Gasteiger partial charge in [0.25, 0.3) is 0 Å². The van der Waals surface area contributed by atoms with Crippen molar-refractivity contribution in [3.63, 3.8) is 0 Å². The zero-order chi connectivity index (χ0) is 21.7. The summed E-state index contributed by atoms with van der Waals surface area (Å²) >= 11 is 0. The quantitative estimate of drug-likeness (QED) is 0.598. The Morgan fingerprint density at radius 2 is 1.33 bits per heavy atom. The summed E-state index contributed by atoms with van der Waals surface area (Å²) < 4.78 is 0. The highest BCUT2D eigenvalue weighted by Gasteiger charge is 2.48. The second-order valence-corrected chi connectivity index (χ2v) is 11.0. The van der Waals surface area contributed by atoms with Gasteiger partial charge < -0.3 is 4.90 Å². The molecular formula is C27H35NO2. The van der Waals surface area contributed by atoms with E-state index in [9.17, 15) is 9.59 Å². The molecule has 0 atom stereocenters. The molecule has 1 aromatic carbocycles. The number of benzene rings is 1. The van der Waals surface area contributed by atoms with Gasteiger partial charge in [0, 0.05) is 47.8 Å². The number of Topliss-reactive ketones (excluding diaryl/α,β-unsaturated/α-hetero) is 2. The zero-order valence-corrected chi connectivity index (χ0v) is 19.2. The maximum absolute atomic E-state index is 13.4. The minimum absolute atomic E-state index is 0.0146. The smallest absolute Gasteiger partial charge is 0.161 e. The van der Waals surface area contributed by atoms with E-state index in [1.54, 1.807) is 0 Å². The first-order chi connectivity index (χ1) is 14.1. The van der Waals surface area contributed by atoms with E-state index in [1.165, 1.54) is 17.0 Å². The summed E-state index contributed by atoms with van der Waals surface area (Å²) in [4.78, 5) is 29.2. The molecule has 0 aromatic heterocycles. The van der Waals surface area contributed by atoms with Gasteiger partial charge in [-0.05, 0) is 35.7 Å². The zero-order valence-electron chi connectivity index (χ0n) is 19.2. The van der Waals surface area contributed by atoms with E-state index < -0.39 is 0 Å². The molecule has 0 spiro atoms. The number of hydrogen-bond donors (Lipinski definition) is 0. The average molecular weight is 406 g/mol. The van der Waals surface area contributed by atoms with Crippen LogP contribution in [-0.4, -0.2) is 16.5 Å². The summed E-state index contributed by atoms with van der Waals surface area (Å²) in [7, 11) is 0. The molecule has 0 amide bonds. The van der Waals surface area contributed by atoms with Gasteiger partial charge in [0.2, 0.25) is 0 Å². The van der Waals surface area contributed by atoms with Gasteiger partial charge in [-0.25, -0.2) is 0 Å². The van der Waals surface area contributed by atoms with Crippen LogP contribution in [0.5, 0.6) is 0 Å². The highest BCUT2D eigenvalue weighted by atomic mass is 16.1. The SMILES string of the molecule is CCCC1C2=C(CC(C)(C)CC2=O)N(Cc2ccccc2)C2=C1C(=O)CC(C)(C)C2. The lowest BCUT2D eigenvalue weighted by Gasteiger charge is -2.49. The Morgan fingerprint density at radius 1 is 0.833 bits per heavy atom. The molecule has 3 nitrogen and oxygen atoms in total. The maximum atomic E-state index is 13.4. The third-order valence-electron chi connectivity index (χ3n) is 6.90. The lowest BCUT2D eigenvalue weighted by molar-refractivity contribution is -0.120. The van der Waals surface area contributed by atoms with Gasteiger partial charge in [-0.15, -0.1) is 0 Å². The molecule has 30 heavy (non-hydrogen) atoms. The Morgan fingerprint density at radius 3 is 1.80 bits per heavy atom. The van der Waals surface area contributed by atoms with Crippen molar-refractivity contribution in [2.24, 2.45) is 16.7 Å². The second kappa shape index (κ2) is 7.51. The number of nitrogens with zero attached hydrogens (tertiary/aromatic N) is 1. The number of hydrogen-bond acceptors (Lipinski definition) is 3. The highest BCUT2D eigenvalue weighted by molar-refractivity contribution is 6.05. The number of allylic oxidation sites excluding steroid dienone is 4. The van der Waals surface area contributed by atoms with Crippen LogP contribution in [0.4, 0.5) is 0 Å². The lowest BCUT2D eigenvalue weighted by atomic mass is 9.64. The van der Waals surface area contributed by atoms with E-state index in [2.05, 4.69) is 63.8 Å². The number of rotatable bonds is 4. The van der Waals surface area contributed by atoms with Gasteiger partial charge in [-0.3, -0.25) is 9.59 Å². The summed E-state index contributed by atoms with van der Waals surface area (Å²) in [6.07, 6.45) is 4.81. The number of ketones is 2. The van der Waals surface area contributed by atoms with E-state index in [0.29, 0.717) is 12.8 Å². The molecule has 0 bridgehead atoms. The van der Waals surface area contributed by atoms with Gasteiger partial charge in [-0.1, -0.05) is 71.4 Å². The first-order valence-electron chi connectivity index (χ1n) is 11.5. The van der Waals surface area contributed by atoms with Crippen LogP contribution in [0, 0.1) is 16.7 Å². The van der Waals surface area contributed by atoms with Crippen molar-refractivity contribution >= 4 is 11.6 Å². The van der Waals surface area contributed by atoms with Crippen LogP contribution in [0.2, 0.25) is 0 Å². The Labute approximate surface area is 181 Å². The molecule has 2 aliphatic carbocycles. The van der Waals surface area contributed by atoms with Crippen LogP contribution in [-0.2, 0) is 16.1 Å². The topological polar surface area (TPSA) is 37.4 Å². The first kappa shape index (κ1) is 21.1. The van der Waals surface area contributed by atoms with Crippen LogP contribution in [0.1, 0.15) is 78.7 Å². The molecule has 4 rings (SSSR count). The standard InChI is InChI=1S/C27H35NO2/c1-6-10-19-24-20(13-26(2,3)15-22(24)29)28(17-18-11-8-7-9-12-18)21-14-27(4,5)16-23(30)25(19)21/h7-9,11-12,19H,6,10,13-17H2,1-5H3. The van der Waals surface area contributed by atoms with Gasteiger partial charge in [0.1, 0.15) is 0 Å². The molecule has 160 valence electrons. The van der Waals surface area contributed by atoms with E-state index in [0.717, 1.165) is 43.4 Å². The number of carbonyl (C=O) groups is 2.